The highest BCUT2D eigenvalue weighted by molar-refractivity contribution is 5.96. The van der Waals surface area contributed by atoms with Crippen molar-refractivity contribution in [2.24, 2.45) is 0 Å². The van der Waals surface area contributed by atoms with Gasteiger partial charge in [0.15, 0.2) is 0 Å². The van der Waals surface area contributed by atoms with Crippen LogP contribution in [0.25, 0.3) is 0 Å². The Labute approximate surface area is 117 Å². The SMILES string of the molecule is O=C1CN(C(=O)Nc2ccc(F)cc2F)C(C(=O)O)CN1. The summed E-state index contributed by atoms with van der Waals surface area (Å²) in [5.74, 6) is -3.64. The molecule has 7 nitrogen and oxygen atoms in total. The number of aliphatic carboxylic acids is 1. The summed E-state index contributed by atoms with van der Waals surface area (Å²) in [6, 6.07) is 0.306. The lowest BCUT2D eigenvalue weighted by molar-refractivity contribution is -0.144. The predicted octanol–water partition coefficient (Wildman–Crippen LogP) is 0.382. The van der Waals surface area contributed by atoms with Gasteiger partial charge in [0.05, 0.1) is 5.69 Å². The Morgan fingerprint density at radius 1 is 1.38 bits per heavy atom. The number of amides is 3. The normalized spacial score (nSPS) is 18.1. The van der Waals surface area contributed by atoms with Gasteiger partial charge in [-0.25, -0.2) is 18.4 Å². The molecule has 0 saturated carbocycles. The molecule has 0 spiro atoms. The Morgan fingerprint density at radius 3 is 2.71 bits per heavy atom. The molecule has 1 heterocycles. The monoisotopic (exact) mass is 299 g/mol. The van der Waals surface area contributed by atoms with Crippen LogP contribution in [0.5, 0.6) is 0 Å². The number of piperazine rings is 1. The third kappa shape index (κ3) is 3.25. The second-order valence-electron chi connectivity index (χ2n) is 4.34. The third-order valence-corrected chi connectivity index (χ3v) is 2.90. The van der Waals surface area contributed by atoms with Crippen molar-refractivity contribution in [2.45, 2.75) is 6.04 Å². The van der Waals surface area contributed by atoms with Crippen molar-refractivity contribution in [1.82, 2.24) is 10.2 Å². The molecule has 3 amide bonds. The van der Waals surface area contributed by atoms with Gasteiger partial charge < -0.3 is 15.7 Å². The first-order valence-electron chi connectivity index (χ1n) is 5.90. The zero-order chi connectivity index (χ0) is 15.6. The molecule has 1 aromatic rings. The Kier molecular flexibility index (Phi) is 4.01. The van der Waals surface area contributed by atoms with E-state index in [1.165, 1.54) is 0 Å². The number of halogens is 2. The van der Waals surface area contributed by atoms with E-state index in [1.807, 2.05) is 0 Å². The molecule has 112 valence electrons. The minimum Gasteiger partial charge on any atom is -0.480 e. The molecule has 2 rings (SSSR count). The van der Waals surface area contributed by atoms with Crippen LogP contribution in [0.4, 0.5) is 19.3 Å². The molecular formula is C12H11F2N3O4. The molecule has 1 atom stereocenters. The molecule has 1 unspecified atom stereocenters. The first kappa shape index (κ1) is 14.7. The van der Waals surface area contributed by atoms with Crippen LogP contribution in [0.1, 0.15) is 0 Å². The van der Waals surface area contributed by atoms with Crippen molar-refractivity contribution in [3.05, 3.63) is 29.8 Å². The van der Waals surface area contributed by atoms with Crippen LogP contribution in [0.15, 0.2) is 18.2 Å². The maximum Gasteiger partial charge on any atom is 0.328 e. The summed E-state index contributed by atoms with van der Waals surface area (Å²) in [5, 5.41) is 13.4. The van der Waals surface area contributed by atoms with E-state index in [4.69, 9.17) is 5.11 Å². The van der Waals surface area contributed by atoms with Crippen molar-refractivity contribution in [3.8, 4) is 0 Å². The lowest BCUT2D eigenvalue weighted by Crippen LogP contribution is -2.60. The predicted molar refractivity (Wildman–Crippen MR) is 66.5 cm³/mol. The second-order valence-corrected chi connectivity index (χ2v) is 4.34. The molecule has 0 bridgehead atoms. The number of rotatable bonds is 2. The van der Waals surface area contributed by atoms with E-state index >= 15 is 0 Å². The molecule has 0 aromatic heterocycles. The summed E-state index contributed by atoms with van der Waals surface area (Å²) in [5.41, 5.74) is -0.309. The average Bonchev–Trinajstić information content (AvgIpc) is 2.41. The minimum absolute atomic E-state index is 0.243. The molecule has 21 heavy (non-hydrogen) atoms. The summed E-state index contributed by atoms with van der Waals surface area (Å²) >= 11 is 0. The van der Waals surface area contributed by atoms with Gasteiger partial charge in [-0.15, -0.1) is 0 Å². The molecular weight excluding hydrogens is 288 g/mol. The Balaban J connectivity index is 2.17. The third-order valence-electron chi connectivity index (χ3n) is 2.90. The average molecular weight is 299 g/mol. The number of nitrogens with zero attached hydrogens (tertiary/aromatic N) is 1. The van der Waals surface area contributed by atoms with Gasteiger partial charge in [0.2, 0.25) is 5.91 Å². The zero-order valence-electron chi connectivity index (χ0n) is 10.6. The molecule has 3 N–H and O–H groups in total. The van der Waals surface area contributed by atoms with E-state index in [0.717, 1.165) is 17.0 Å². The fourth-order valence-corrected chi connectivity index (χ4v) is 1.85. The van der Waals surface area contributed by atoms with Crippen molar-refractivity contribution in [1.29, 1.82) is 0 Å². The topological polar surface area (TPSA) is 98.7 Å². The molecule has 1 aliphatic rings. The fourth-order valence-electron chi connectivity index (χ4n) is 1.85. The van der Waals surface area contributed by atoms with Gasteiger partial charge in [-0.05, 0) is 12.1 Å². The number of hydrogen-bond acceptors (Lipinski definition) is 3. The first-order valence-corrected chi connectivity index (χ1v) is 5.90. The molecule has 9 heteroatoms. The highest BCUT2D eigenvalue weighted by atomic mass is 19.1. The quantitative estimate of drug-likeness (QED) is 0.735. The van der Waals surface area contributed by atoms with Crippen molar-refractivity contribution < 1.29 is 28.3 Å². The number of carbonyl (C=O) groups excluding carboxylic acids is 2. The highest BCUT2D eigenvalue weighted by Gasteiger charge is 2.35. The van der Waals surface area contributed by atoms with Crippen LogP contribution in [-0.4, -0.2) is 47.0 Å². The summed E-state index contributed by atoms with van der Waals surface area (Å²) in [6.07, 6.45) is 0. The van der Waals surface area contributed by atoms with Crippen molar-refractivity contribution in [3.63, 3.8) is 0 Å². The smallest absolute Gasteiger partial charge is 0.328 e. The zero-order valence-corrected chi connectivity index (χ0v) is 10.6. The van der Waals surface area contributed by atoms with Gasteiger partial charge in [-0.2, -0.15) is 0 Å². The second kappa shape index (κ2) is 5.73. The summed E-state index contributed by atoms with van der Waals surface area (Å²) in [6.45, 7) is -0.709. The first-order chi connectivity index (χ1) is 9.88. The molecule has 1 aromatic carbocycles. The van der Waals surface area contributed by atoms with E-state index in [9.17, 15) is 23.2 Å². The fraction of sp³-hybridized carbons (Fsp3) is 0.250. The van der Waals surface area contributed by atoms with Crippen LogP contribution >= 0.6 is 0 Å². The molecule has 0 radical (unpaired) electrons. The van der Waals surface area contributed by atoms with E-state index < -0.39 is 42.1 Å². The van der Waals surface area contributed by atoms with Crippen LogP contribution in [0, 0.1) is 11.6 Å². The minimum atomic E-state index is -1.30. The Hall–Kier alpha value is -2.71. The largest absolute Gasteiger partial charge is 0.480 e. The number of carbonyl (C=O) groups is 3. The number of urea groups is 1. The van der Waals surface area contributed by atoms with Crippen LogP contribution in [0.3, 0.4) is 0 Å². The van der Waals surface area contributed by atoms with E-state index in [0.29, 0.717) is 6.07 Å². The van der Waals surface area contributed by atoms with Gasteiger partial charge in [0.25, 0.3) is 0 Å². The van der Waals surface area contributed by atoms with Crippen LogP contribution in [-0.2, 0) is 9.59 Å². The van der Waals surface area contributed by atoms with E-state index in [-0.39, 0.29) is 12.2 Å². The van der Waals surface area contributed by atoms with Crippen molar-refractivity contribution in [2.75, 3.05) is 18.4 Å². The number of nitrogens with one attached hydrogen (secondary N) is 2. The standard InChI is InChI=1S/C12H11F2N3O4/c13-6-1-2-8(7(14)3-6)16-12(21)17-5-10(18)15-4-9(17)11(19)20/h1-3,9H,4-5H2,(H,15,18)(H,16,21)(H,19,20). The number of carboxylic acids is 1. The Morgan fingerprint density at radius 2 is 2.10 bits per heavy atom. The summed E-state index contributed by atoms with van der Waals surface area (Å²) in [7, 11) is 0. The number of benzene rings is 1. The lowest BCUT2D eigenvalue weighted by Gasteiger charge is -2.32. The number of anilines is 1. The number of carboxylic acid groups (broad SMARTS) is 1. The van der Waals surface area contributed by atoms with Gasteiger partial charge in [-0.3, -0.25) is 9.69 Å². The lowest BCUT2D eigenvalue weighted by atomic mass is 10.2. The van der Waals surface area contributed by atoms with E-state index in [1.54, 1.807) is 0 Å². The number of hydrogen-bond donors (Lipinski definition) is 3. The maximum atomic E-state index is 13.4. The van der Waals surface area contributed by atoms with Crippen LogP contribution in [0.2, 0.25) is 0 Å². The maximum absolute atomic E-state index is 13.4. The van der Waals surface area contributed by atoms with Crippen LogP contribution < -0.4 is 10.6 Å². The molecule has 1 aliphatic heterocycles. The van der Waals surface area contributed by atoms with Gasteiger partial charge in [0.1, 0.15) is 24.2 Å². The molecule has 0 aliphatic carbocycles. The van der Waals surface area contributed by atoms with Gasteiger partial charge in [0, 0.05) is 12.6 Å². The molecule has 1 saturated heterocycles. The summed E-state index contributed by atoms with van der Waals surface area (Å²) < 4.78 is 26.2. The highest BCUT2D eigenvalue weighted by Crippen LogP contribution is 2.16. The molecule has 1 fully saturated rings. The van der Waals surface area contributed by atoms with Crippen molar-refractivity contribution >= 4 is 23.6 Å². The Bertz CT molecular complexity index is 608. The van der Waals surface area contributed by atoms with Gasteiger partial charge in [-0.1, -0.05) is 0 Å². The van der Waals surface area contributed by atoms with E-state index in [2.05, 4.69) is 10.6 Å². The summed E-state index contributed by atoms with van der Waals surface area (Å²) in [4.78, 5) is 35.0. The van der Waals surface area contributed by atoms with Gasteiger partial charge >= 0.3 is 12.0 Å².